The number of nitrogens with zero attached hydrogens (tertiary/aromatic N) is 1. The first kappa shape index (κ1) is 20.1. The molecule has 0 bridgehead atoms. The Morgan fingerprint density at radius 2 is 1.84 bits per heavy atom. The van der Waals surface area contributed by atoms with Crippen LogP contribution < -0.4 is 0 Å². The SMILES string of the molecule is CCC(C)(C)c1cc(CC(=O)C(C)(C)S(=O)(=O)C2CCOCC2)no1. The van der Waals surface area contributed by atoms with Crippen LogP contribution in [0.15, 0.2) is 10.6 Å². The van der Waals surface area contributed by atoms with E-state index in [4.69, 9.17) is 9.26 Å². The molecule has 0 aromatic carbocycles. The van der Waals surface area contributed by atoms with E-state index in [0.29, 0.717) is 37.5 Å². The first-order valence-electron chi connectivity index (χ1n) is 8.83. The van der Waals surface area contributed by atoms with Gasteiger partial charge in [-0.25, -0.2) is 8.42 Å². The van der Waals surface area contributed by atoms with Gasteiger partial charge in [0.25, 0.3) is 0 Å². The standard InChI is InChI=1S/C18H29NO5S/c1-6-17(2,3)16-12-13(19-24-16)11-15(20)18(4,5)25(21,22)14-7-9-23-10-8-14/h12,14H,6-11H2,1-5H3. The zero-order valence-corrected chi connectivity index (χ0v) is 16.6. The molecule has 0 unspecified atom stereocenters. The van der Waals surface area contributed by atoms with Crippen molar-refractivity contribution in [2.45, 2.75) is 75.7 Å². The van der Waals surface area contributed by atoms with Crippen molar-refractivity contribution < 1.29 is 22.5 Å². The average Bonchev–Trinajstić information content (AvgIpc) is 3.04. The molecule has 0 radical (unpaired) electrons. The highest BCUT2D eigenvalue weighted by molar-refractivity contribution is 7.94. The average molecular weight is 371 g/mol. The molecule has 0 aliphatic carbocycles. The summed E-state index contributed by atoms with van der Waals surface area (Å²) in [6.07, 6.45) is 1.72. The van der Waals surface area contributed by atoms with Crippen molar-refractivity contribution in [2.24, 2.45) is 0 Å². The molecule has 0 N–H and O–H groups in total. The minimum Gasteiger partial charge on any atom is -0.381 e. The fourth-order valence-corrected chi connectivity index (χ4v) is 4.86. The van der Waals surface area contributed by atoms with E-state index in [9.17, 15) is 13.2 Å². The largest absolute Gasteiger partial charge is 0.381 e. The van der Waals surface area contributed by atoms with Crippen LogP contribution in [0.2, 0.25) is 0 Å². The molecule has 1 aromatic heterocycles. The number of rotatable bonds is 7. The van der Waals surface area contributed by atoms with E-state index in [2.05, 4.69) is 12.1 Å². The molecule has 1 aromatic rings. The van der Waals surface area contributed by atoms with Gasteiger partial charge in [-0.15, -0.1) is 0 Å². The summed E-state index contributed by atoms with van der Waals surface area (Å²) in [4.78, 5) is 12.8. The van der Waals surface area contributed by atoms with Gasteiger partial charge in [0.15, 0.2) is 15.6 Å². The summed E-state index contributed by atoms with van der Waals surface area (Å²) in [6.45, 7) is 9.97. The molecular weight excluding hydrogens is 342 g/mol. The van der Waals surface area contributed by atoms with Crippen molar-refractivity contribution in [1.29, 1.82) is 0 Å². The third-order valence-electron chi connectivity index (χ3n) is 5.44. The van der Waals surface area contributed by atoms with Crippen molar-refractivity contribution in [3.63, 3.8) is 0 Å². The number of ether oxygens (including phenoxy) is 1. The molecular formula is C18H29NO5S. The summed E-state index contributed by atoms with van der Waals surface area (Å²) in [7, 11) is -3.60. The molecule has 0 amide bonds. The quantitative estimate of drug-likeness (QED) is 0.732. The first-order chi connectivity index (χ1) is 11.5. The lowest BCUT2D eigenvalue weighted by molar-refractivity contribution is -0.120. The lowest BCUT2D eigenvalue weighted by Gasteiger charge is -2.31. The van der Waals surface area contributed by atoms with Gasteiger partial charge in [0, 0.05) is 24.7 Å². The van der Waals surface area contributed by atoms with Crippen molar-refractivity contribution in [1.82, 2.24) is 5.16 Å². The van der Waals surface area contributed by atoms with E-state index in [1.165, 1.54) is 13.8 Å². The number of Topliss-reactive ketones (excluding diaryl/α,β-unsaturated/α-hetero) is 1. The molecule has 1 fully saturated rings. The van der Waals surface area contributed by atoms with Crippen LogP contribution in [0.1, 0.15) is 65.3 Å². The predicted molar refractivity (Wildman–Crippen MR) is 95.4 cm³/mol. The predicted octanol–water partition coefficient (Wildman–Crippen LogP) is 2.85. The van der Waals surface area contributed by atoms with Crippen LogP contribution in [0.5, 0.6) is 0 Å². The van der Waals surface area contributed by atoms with E-state index < -0.39 is 19.8 Å². The van der Waals surface area contributed by atoms with E-state index >= 15 is 0 Å². The maximum absolute atomic E-state index is 12.9. The first-order valence-corrected chi connectivity index (χ1v) is 10.4. The number of aromatic nitrogens is 1. The summed E-state index contributed by atoms with van der Waals surface area (Å²) < 4.78 is 35.0. The Balaban J connectivity index is 2.16. The Bertz CT molecular complexity index is 712. The smallest absolute Gasteiger partial charge is 0.165 e. The molecule has 2 rings (SSSR count). The van der Waals surface area contributed by atoms with Gasteiger partial charge in [-0.2, -0.15) is 0 Å². The zero-order chi connectivity index (χ0) is 18.9. The van der Waals surface area contributed by atoms with Crippen LogP contribution >= 0.6 is 0 Å². The fourth-order valence-electron chi connectivity index (χ4n) is 2.83. The highest BCUT2D eigenvalue weighted by Crippen LogP contribution is 2.31. The normalized spacial score (nSPS) is 17.6. The third kappa shape index (κ3) is 3.97. The summed E-state index contributed by atoms with van der Waals surface area (Å²) in [5.41, 5.74) is 0.314. The third-order valence-corrected chi connectivity index (χ3v) is 8.44. The summed E-state index contributed by atoms with van der Waals surface area (Å²) >= 11 is 0. The van der Waals surface area contributed by atoms with Crippen molar-refractivity contribution >= 4 is 15.6 Å². The summed E-state index contributed by atoms with van der Waals surface area (Å²) in [5, 5.41) is 3.45. The monoisotopic (exact) mass is 371 g/mol. The van der Waals surface area contributed by atoms with Crippen LogP contribution in [0.4, 0.5) is 0 Å². The molecule has 6 nitrogen and oxygen atoms in total. The van der Waals surface area contributed by atoms with Gasteiger partial charge in [0.2, 0.25) is 0 Å². The highest BCUT2D eigenvalue weighted by atomic mass is 32.2. The molecule has 1 aliphatic rings. The minimum absolute atomic E-state index is 0.0429. The number of hydrogen-bond donors (Lipinski definition) is 0. The van der Waals surface area contributed by atoms with E-state index in [1.54, 1.807) is 6.07 Å². The van der Waals surface area contributed by atoms with Crippen LogP contribution in [0, 0.1) is 0 Å². The molecule has 0 saturated carbocycles. The summed E-state index contributed by atoms with van der Waals surface area (Å²) in [6, 6.07) is 1.76. The second-order valence-electron chi connectivity index (χ2n) is 7.89. The number of hydrogen-bond acceptors (Lipinski definition) is 6. The van der Waals surface area contributed by atoms with E-state index in [0.717, 1.165) is 6.42 Å². The number of carbonyl (C=O) groups excluding carboxylic acids is 1. The van der Waals surface area contributed by atoms with Gasteiger partial charge in [0.1, 0.15) is 10.5 Å². The molecule has 2 heterocycles. The Morgan fingerprint density at radius 3 is 2.40 bits per heavy atom. The van der Waals surface area contributed by atoms with Gasteiger partial charge in [-0.3, -0.25) is 4.79 Å². The van der Waals surface area contributed by atoms with Crippen LogP contribution in [0.25, 0.3) is 0 Å². The molecule has 25 heavy (non-hydrogen) atoms. The van der Waals surface area contributed by atoms with Crippen molar-refractivity contribution in [3.8, 4) is 0 Å². The van der Waals surface area contributed by atoms with Crippen LogP contribution in [0.3, 0.4) is 0 Å². The Labute approximate surface area is 150 Å². The maximum atomic E-state index is 12.9. The second kappa shape index (κ2) is 7.19. The van der Waals surface area contributed by atoms with Gasteiger partial charge in [-0.05, 0) is 33.1 Å². The van der Waals surface area contributed by atoms with Gasteiger partial charge in [-0.1, -0.05) is 25.9 Å². The molecule has 142 valence electrons. The molecule has 7 heteroatoms. The fraction of sp³-hybridized carbons (Fsp3) is 0.778. The maximum Gasteiger partial charge on any atom is 0.165 e. The van der Waals surface area contributed by atoms with E-state index in [-0.39, 0.29) is 17.6 Å². The summed E-state index contributed by atoms with van der Waals surface area (Å²) in [5.74, 6) is 0.357. The Morgan fingerprint density at radius 1 is 1.24 bits per heavy atom. The minimum atomic E-state index is -3.60. The second-order valence-corrected chi connectivity index (χ2v) is 10.7. The Kier molecular flexibility index (Phi) is 5.78. The lowest BCUT2D eigenvalue weighted by Crippen LogP contribution is -2.48. The molecule has 0 spiro atoms. The topological polar surface area (TPSA) is 86.5 Å². The number of ketones is 1. The molecule has 0 atom stereocenters. The van der Waals surface area contributed by atoms with Crippen molar-refractivity contribution in [2.75, 3.05) is 13.2 Å². The number of sulfone groups is 1. The van der Waals surface area contributed by atoms with Crippen LogP contribution in [-0.2, 0) is 31.2 Å². The zero-order valence-electron chi connectivity index (χ0n) is 15.8. The molecule has 1 aliphatic heterocycles. The van der Waals surface area contributed by atoms with Gasteiger partial charge in [0.05, 0.1) is 17.4 Å². The Hall–Kier alpha value is -1.21. The molecule has 1 saturated heterocycles. The van der Waals surface area contributed by atoms with Gasteiger partial charge < -0.3 is 9.26 Å². The number of carbonyl (C=O) groups is 1. The van der Waals surface area contributed by atoms with Gasteiger partial charge >= 0.3 is 0 Å². The lowest BCUT2D eigenvalue weighted by atomic mass is 9.87. The van der Waals surface area contributed by atoms with Crippen molar-refractivity contribution in [3.05, 3.63) is 17.5 Å². The van der Waals surface area contributed by atoms with Crippen LogP contribution in [-0.4, -0.2) is 42.6 Å². The van der Waals surface area contributed by atoms with E-state index in [1.807, 2.05) is 13.8 Å². The highest BCUT2D eigenvalue weighted by Gasteiger charge is 2.46.